The Labute approximate surface area is 122 Å². The molecule has 0 unspecified atom stereocenters. The number of hydrogen-bond acceptors (Lipinski definition) is 4. The summed E-state index contributed by atoms with van der Waals surface area (Å²) in [6.07, 6.45) is 4.73. The monoisotopic (exact) mass is 287 g/mol. The molecule has 110 valence electrons. The smallest absolute Gasteiger partial charge is 0.269 e. The van der Waals surface area contributed by atoms with Crippen molar-refractivity contribution in [3.05, 3.63) is 41.6 Å². The lowest BCUT2D eigenvalue weighted by Gasteiger charge is -2.06. The van der Waals surface area contributed by atoms with Gasteiger partial charge >= 0.3 is 0 Å². The van der Waals surface area contributed by atoms with Crippen LogP contribution in [-0.2, 0) is 11.2 Å². The van der Waals surface area contributed by atoms with Crippen LogP contribution in [0.1, 0.15) is 41.5 Å². The zero-order chi connectivity index (χ0) is 15.2. The van der Waals surface area contributed by atoms with Crippen LogP contribution in [0.5, 0.6) is 0 Å². The molecule has 0 saturated heterocycles. The number of rotatable bonds is 6. The van der Waals surface area contributed by atoms with E-state index in [-0.39, 0.29) is 11.6 Å². The molecule has 0 aliphatic heterocycles. The van der Waals surface area contributed by atoms with E-state index in [0.29, 0.717) is 24.4 Å². The van der Waals surface area contributed by atoms with Crippen LogP contribution >= 0.6 is 0 Å². The van der Waals surface area contributed by atoms with Gasteiger partial charge in [-0.2, -0.15) is 0 Å². The van der Waals surface area contributed by atoms with Crippen molar-refractivity contribution in [2.24, 2.45) is 5.73 Å². The maximum absolute atomic E-state index is 11.6. The Morgan fingerprint density at radius 1 is 1.38 bits per heavy atom. The van der Waals surface area contributed by atoms with E-state index in [9.17, 15) is 9.59 Å². The first-order valence-electron chi connectivity index (χ1n) is 6.67. The SMILES string of the molecule is CCCC(=O)Nc1cc(Cc2[nH]cnc2C(N)=O)ccn1. The highest BCUT2D eigenvalue weighted by Gasteiger charge is 2.12. The Balaban J connectivity index is 2.12. The molecule has 4 N–H and O–H groups in total. The van der Waals surface area contributed by atoms with E-state index in [1.807, 2.05) is 6.92 Å². The van der Waals surface area contributed by atoms with Gasteiger partial charge in [-0.05, 0) is 24.1 Å². The van der Waals surface area contributed by atoms with Gasteiger partial charge in [0.15, 0.2) is 0 Å². The van der Waals surface area contributed by atoms with Crippen LogP contribution < -0.4 is 11.1 Å². The van der Waals surface area contributed by atoms with Crippen molar-refractivity contribution in [3.63, 3.8) is 0 Å². The third kappa shape index (κ3) is 3.88. The number of aromatic amines is 1. The normalized spacial score (nSPS) is 10.3. The van der Waals surface area contributed by atoms with Crippen LogP contribution in [-0.4, -0.2) is 26.8 Å². The highest BCUT2D eigenvalue weighted by molar-refractivity contribution is 5.92. The lowest BCUT2D eigenvalue weighted by molar-refractivity contribution is -0.116. The molecular formula is C14H17N5O2. The summed E-state index contributed by atoms with van der Waals surface area (Å²) in [5.74, 6) is -0.149. The van der Waals surface area contributed by atoms with E-state index >= 15 is 0 Å². The van der Waals surface area contributed by atoms with E-state index in [1.165, 1.54) is 6.33 Å². The minimum absolute atomic E-state index is 0.0680. The summed E-state index contributed by atoms with van der Waals surface area (Å²) in [6.45, 7) is 1.94. The molecule has 0 radical (unpaired) electrons. The third-order valence-electron chi connectivity index (χ3n) is 2.90. The lowest BCUT2D eigenvalue weighted by atomic mass is 10.1. The molecule has 0 aromatic carbocycles. The first kappa shape index (κ1) is 14.7. The number of imidazole rings is 1. The zero-order valence-corrected chi connectivity index (χ0v) is 11.7. The van der Waals surface area contributed by atoms with Crippen molar-refractivity contribution in [3.8, 4) is 0 Å². The minimum Gasteiger partial charge on any atom is -0.364 e. The van der Waals surface area contributed by atoms with Gasteiger partial charge < -0.3 is 16.0 Å². The first-order valence-corrected chi connectivity index (χ1v) is 6.67. The molecule has 2 aromatic heterocycles. The Kier molecular flexibility index (Phi) is 4.65. The van der Waals surface area contributed by atoms with Crippen LogP contribution in [0, 0.1) is 0 Å². The topological polar surface area (TPSA) is 114 Å². The average molecular weight is 287 g/mol. The number of aromatic nitrogens is 3. The quantitative estimate of drug-likeness (QED) is 0.741. The molecular weight excluding hydrogens is 270 g/mol. The molecule has 0 aliphatic carbocycles. The lowest BCUT2D eigenvalue weighted by Crippen LogP contribution is -2.14. The van der Waals surface area contributed by atoms with Crippen molar-refractivity contribution in [1.82, 2.24) is 15.0 Å². The number of H-pyrrole nitrogens is 1. The van der Waals surface area contributed by atoms with Crippen LogP contribution in [0.2, 0.25) is 0 Å². The summed E-state index contributed by atoms with van der Waals surface area (Å²) in [7, 11) is 0. The summed E-state index contributed by atoms with van der Waals surface area (Å²) in [5.41, 5.74) is 7.01. The van der Waals surface area contributed by atoms with Gasteiger partial charge in [-0.1, -0.05) is 6.92 Å². The van der Waals surface area contributed by atoms with Crippen LogP contribution in [0.25, 0.3) is 0 Å². The fourth-order valence-electron chi connectivity index (χ4n) is 1.96. The van der Waals surface area contributed by atoms with E-state index < -0.39 is 5.91 Å². The minimum atomic E-state index is -0.572. The second kappa shape index (κ2) is 6.65. The fourth-order valence-corrected chi connectivity index (χ4v) is 1.96. The van der Waals surface area contributed by atoms with E-state index in [0.717, 1.165) is 12.0 Å². The van der Waals surface area contributed by atoms with Gasteiger partial charge in [0.05, 0.1) is 12.0 Å². The number of hydrogen-bond donors (Lipinski definition) is 3. The number of carbonyl (C=O) groups excluding carboxylic acids is 2. The predicted molar refractivity (Wildman–Crippen MR) is 77.7 cm³/mol. The standard InChI is InChI=1S/C14H17N5O2/c1-2-3-12(20)19-11-7-9(4-5-16-11)6-10-13(14(15)21)18-8-17-10/h4-5,7-8H,2-3,6H2,1H3,(H2,15,21)(H,17,18)(H,16,19,20). The molecule has 0 saturated carbocycles. The number of nitrogens with one attached hydrogen (secondary N) is 2. The molecule has 0 atom stereocenters. The zero-order valence-electron chi connectivity index (χ0n) is 11.7. The van der Waals surface area contributed by atoms with Gasteiger partial charge in [0, 0.05) is 19.0 Å². The number of nitrogens with zero attached hydrogens (tertiary/aromatic N) is 2. The average Bonchev–Trinajstić information content (AvgIpc) is 2.87. The van der Waals surface area contributed by atoms with Crippen LogP contribution in [0.3, 0.4) is 0 Å². The maximum atomic E-state index is 11.6. The van der Waals surface area contributed by atoms with Crippen LogP contribution in [0.4, 0.5) is 5.82 Å². The summed E-state index contributed by atoms with van der Waals surface area (Å²) in [4.78, 5) is 33.7. The van der Waals surface area contributed by atoms with Gasteiger partial charge in [-0.3, -0.25) is 9.59 Å². The van der Waals surface area contributed by atoms with E-state index in [1.54, 1.807) is 18.3 Å². The molecule has 0 spiro atoms. The highest BCUT2D eigenvalue weighted by Crippen LogP contribution is 2.13. The number of pyridine rings is 1. The Hall–Kier alpha value is -2.70. The Morgan fingerprint density at radius 2 is 2.19 bits per heavy atom. The number of nitrogens with two attached hydrogens (primary N) is 1. The summed E-state index contributed by atoms with van der Waals surface area (Å²) >= 11 is 0. The molecule has 2 aromatic rings. The molecule has 0 aliphatic rings. The molecule has 7 heteroatoms. The fraction of sp³-hybridized carbons (Fsp3) is 0.286. The molecule has 0 fully saturated rings. The molecule has 21 heavy (non-hydrogen) atoms. The number of primary amides is 1. The molecule has 2 amide bonds. The van der Waals surface area contributed by atoms with Crippen molar-refractivity contribution in [2.45, 2.75) is 26.2 Å². The second-order valence-electron chi connectivity index (χ2n) is 4.62. The Bertz CT molecular complexity index is 650. The van der Waals surface area contributed by atoms with Gasteiger partial charge in [-0.25, -0.2) is 9.97 Å². The molecule has 2 heterocycles. The van der Waals surface area contributed by atoms with Gasteiger partial charge in [0.1, 0.15) is 11.5 Å². The molecule has 7 nitrogen and oxygen atoms in total. The third-order valence-corrected chi connectivity index (χ3v) is 2.90. The number of amides is 2. The van der Waals surface area contributed by atoms with Crippen LogP contribution in [0.15, 0.2) is 24.7 Å². The van der Waals surface area contributed by atoms with Gasteiger partial charge in [0.2, 0.25) is 5.91 Å². The maximum Gasteiger partial charge on any atom is 0.269 e. The largest absolute Gasteiger partial charge is 0.364 e. The van der Waals surface area contributed by atoms with Gasteiger partial charge in [0.25, 0.3) is 5.91 Å². The van der Waals surface area contributed by atoms with Gasteiger partial charge in [-0.15, -0.1) is 0 Å². The van der Waals surface area contributed by atoms with Crippen molar-refractivity contribution in [2.75, 3.05) is 5.32 Å². The van der Waals surface area contributed by atoms with Crippen molar-refractivity contribution < 1.29 is 9.59 Å². The highest BCUT2D eigenvalue weighted by atomic mass is 16.2. The summed E-state index contributed by atoms with van der Waals surface area (Å²) in [6, 6.07) is 3.57. The second-order valence-corrected chi connectivity index (χ2v) is 4.62. The number of carbonyl (C=O) groups is 2. The van der Waals surface area contributed by atoms with E-state index in [2.05, 4.69) is 20.3 Å². The molecule has 0 bridgehead atoms. The summed E-state index contributed by atoms with van der Waals surface area (Å²) in [5, 5.41) is 2.73. The van der Waals surface area contributed by atoms with Crippen molar-refractivity contribution >= 4 is 17.6 Å². The predicted octanol–water partition coefficient (Wildman–Crippen LogP) is 1.23. The van der Waals surface area contributed by atoms with E-state index in [4.69, 9.17) is 5.73 Å². The Morgan fingerprint density at radius 3 is 2.90 bits per heavy atom. The first-order chi connectivity index (χ1) is 10.1. The number of anilines is 1. The summed E-state index contributed by atoms with van der Waals surface area (Å²) < 4.78 is 0. The molecule has 2 rings (SSSR count). The van der Waals surface area contributed by atoms with Crippen molar-refractivity contribution in [1.29, 1.82) is 0 Å².